The lowest BCUT2D eigenvalue weighted by molar-refractivity contribution is 0.661. The van der Waals surface area contributed by atoms with Crippen LogP contribution < -0.4 is 0 Å². The van der Waals surface area contributed by atoms with Gasteiger partial charge >= 0.3 is 0 Å². The molecule has 0 saturated heterocycles. The van der Waals surface area contributed by atoms with Crippen LogP contribution in [0.25, 0.3) is 243 Å². The van der Waals surface area contributed by atoms with Gasteiger partial charge in [-0.05, 0) is 285 Å². The largest absolute Gasteiger partial charge is 0.309 e. The van der Waals surface area contributed by atoms with Gasteiger partial charge in [0, 0.05) is 126 Å². The maximum absolute atomic E-state index is 2.48. The van der Waals surface area contributed by atoms with Crippen molar-refractivity contribution in [2.45, 2.75) is 57.8 Å². The Kier molecular flexibility index (Phi) is 18.7. The number of fused-ring (bicyclic) bond motifs is 29. The Hall–Kier alpha value is -16.3. The zero-order valence-corrected chi connectivity index (χ0v) is 81.3. The topological polar surface area (TPSA) is 14.8 Å². The van der Waals surface area contributed by atoms with Gasteiger partial charge in [0.1, 0.15) is 0 Å². The van der Waals surface area contributed by atoms with Crippen molar-refractivity contribution in [3.05, 3.63) is 488 Å². The maximum atomic E-state index is 2.48. The highest BCUT2D eigenvalue weighted by Gasteiger charge is 2.41. The first-order chi connectivity index (χ1) is 69.2. The molecule has 6 heterocycles. The van der Waals surface area contributed by atoms with Crippen LogP contribution in [0.3, 0.4) is 0 Å². The summed E-state index contributed by atoms with van der Waals surface area (Å²) >= 11 is 5.71. The molecule has 0 spiro atoms. The Balaban J connectivity index is 0.000000104. The summed E-state index contributed by atoms with van der Waals surface area (Å²) in [4.78, 5) is 0. The van der Waals surface area contributed by atoms with Crippen LogP contribution in [-0.2, 0) is 16.2 Å². The molecule has 0 radical (unpaired) electrons. The van der Waals surface area contributed by atoms with E-state index in [0.29, 0.717) is 0 Å². The average Bonchev–Trinajstić information content (AvgIpc) is 1.54. The van der Waals surface area contributed by atoms with E-state index in [1.165, 1.54) is 277 Å². The molecule has 21 aromatic carbocycles. The zero-order chi connectivity index (χ0) is 93.8. The second-order valence-electron chi connectivity index (χ2n) is 40.1. The lowest BCUT2D eigenvalue weighted by Gasteiger charge is -2.23. The Morgan fingerprint density at radius 1 is 0.163 bits per heavy atom. The van der Waals surface area contributed by atoms with E-state index in [-0.39, 0.29) is 16.2 Å². The summed E-state index contributed by atoms with van der Waals surface area (Å²) in [5.41, 5.74) is 42.2. The maximum Gasteiger partial charge on any atom is 0.0541 e. The number of benzene rings is 21. The molecule has 3 nitrogen and oxygen atoms in total. The van der Waals surface area contributed by atoms with Crippen molar-refractivity contribution in [1.29, 1.82) is 0 Å². The van der Waals surface area contributed by atoms with Gasteiger partial charge in [-0.1, -0.05) is 345 Å². The van der Waals surface area contributed by atoms with Gasteiger partial charge in [-0.2, -0.15) is 0 Å². The van der Waals surface area contributed by atoms with Gasteiger partial charge in [-0.25, -0.2) is 0 Å². The summed E-state index contributed by atoms with van der Waals surface area (Å²) in [6, 6.07) is 169. The highest BCUT2D eigenvalue weighted by atomic mass is 32.1. The number of hydrogen-bond acceptors (Lipinski definition) is 3. The van der Waals surface area contributed by atoms with Crippen LogP contribution >= 0.6 is 34.0 Å². The van der Waals surface area contributed by atoms with E-state index in [4.69, 9.17) is 0 Å². The molecular formula is C135H93N3S3. The average molecular weight is 1850 g/mol. The van der Waals surface area contributed by atoms with Crippen molar-refractivity contribution >= 4 is 160 Å². The van der Waals surface area contributed by atoms with E-state index < -0.39 is 0 Å². The molecule has 30 rings (SSSR count). The standard InChI is InChI=1S/3C45H31NS/c1-45(2)38-21-19-32(27-35(38)33-20-24-42-43(44(33)45)34-15-9-10-16-41(34)47-42)46-39-22-17-30(28-11-5-3-6-12-28)25-36(39)37-26-31(18-23-40(37)46)29-13-7-4-8-14-29;1-45(2)37-20-19-32(27-36(37)43-38(45)21-24-42-44(43)33-15-9-10-16-41(33)47-42)46-39-22-17-30(28-11-5-3-6-12-28)25-34(39)35-26-31(18-23-40(35)46)29-13-7-4-8-14-29;1-45(2)39-20-19-32(25-34(39)35-26-38-33-15-9-10-16-43(33)47-44(38)27-40(35)45)46-41-21-17-30(28-11-5-3-6-12-28)23-36(41)37-24-31(18-22-42(37)46)29-13-7-4-8-14-29/h3*3-27H,1-2H3. The Morgan fingerprint density at radius 3 is 0.837 bits per heavy atom. The molecule has 0 N–H and O–H groups in total. The fourth-order valence-corrected chi connectivity index (χ4v) is 27.7. The molecule has 141 heavy (non-hydrogen) atoms. The molecular weight excluding hydrogens is 1760 g/mol. The molecule has 0 bridgehead atoms. The van der Waals surface area contributed by atoms with Crippen molar-refractivity contribution in [2.24, 2.45) is 0 Å². The number of nitrogens with zero attached hydrogens (tertiary/aromatic N) is 3. The molecule has 3 aliphatic carbocycles. The third-order valence-electron chi connectivity index (χ3n) is 31.2. The van der Waals surface area contributed by atoms with Gasteiger partial charge < -0.3 is 13.7 Å². The van der Waals surface area contributed by atoms with E-state index in [2.05, 4.69) is 510 Å². The molecule has 0 fully saturated rings. The van der Waals surface area contributed by atoms with Crippen LogP contribution in [0.15, 0.2) is 455 Å². The van der Waals surface area contributed by atoms with Gasteiger partial charge in [-0.3, -0.25) is 0 Å². The summed E-state index contributed by atoms with van der Waals surface area (Å²) in [6.45, 7) is 14.3. The zero-order valence-electron chi connectivity index (χ0n) is 78.9. The second kappa shape index (κ2) is 31.9. The molecule has 0 saturated carbocycles. The number of hydrogen-bond donors (Lipinski definition) is 0. The number of aromatic nitrogens is 3. The minimum atomic E-state index is -0.0947. The first kappa shape index (κ1) is 82.9. The highest BCUT2D eigenvalue weighted by Crippen LogP contribution is 2.59. The fourth-order valence-electron chi connectivity index (χ4n) is 24.3. The van der Waals surface area contributed by atoms with Gasteiger partial charge in [0.25, 0.3) is 0 Å². The van der Waals surface area contributed by atoms with E-state index in [9.17, 15) is 0 Å². The lowest BCUT2D eigenvalue weighted by atomic mass is 9.80. The monoisotopic (exact) mass is 1850 g/mol. The van der Waals surface area contributed by atoms with E-state index in [1.54, 1.807) is 0 Å². The quantitative estimate of drug-likeness (QED) is 0.137. The molecule has 0 unspecified atom stereocenters. The first-order valence-corrected chi connectivity index (χ1v) is 51.5. The number of thiophene rings is 3. The second-order valence-corrected chi connectivity index (χ2v) is 43.3. The van der Waals surface area contributed by atoms with Crippen molar-refractivity contribution < 1.29 is 0 Å². The van der Waals surface area contributed by atoms with Crippen LogP contribution in [0, 0.1) is 0 Å². The molecule has 0 aliphatic heterocycles. The van der Waals surface area contributed by atoms with Crippen molar-refractivity contribution in [1.82, 2.24) is 13.7 Å². The smallest absolute Gasteiger partial charge is 0.0541 e. The van der Waals surface area contributed by atoms with Gasteiger partial charge in [0.05, 0.1) is 33.1 Å². The molecule has 3 aliphatic rings. The third-order valence-corrected chi connectivity index (χ3v) is 34.6. The molecule has 27 aromatic rings. The molecule has 666 valence electrons. The summed E-state index contributed by atoms with van der Waals surface area (Å²) in [5.74, 6) is 0. The van der Waals surface area contributed by atoms with Crippen LogP contribution in [-0.4, -0.2) is 13.7 Å². The van der Waals surface area contributed by atoms with Crippen molar-refractivity contribution in [3.8, 4) is 117 Å². The number of rotatable bonds is 9. The SMILES string of the molecule is CC1(C)c2ccc(-n3c4ccc(-c5ccccc5)cc4c4cc(-c5ccccc5)ccc43)cc2-c2c1ccc1sc3ccccc3c21.CC1(C)c2ccc(-n3c4ccc(-c5ccccc5)cc4c4cc(-c5ccccc5)ccc43)cc2-c2cc3c(cc21)sc1ccccc13.CC1(C)c2ccc(-n3c4ccc(-c5ccccc5)cc4c4cc(-c5ccccc5)ccc43)cc2-c2ccc3sc4ccccc4c3c21. The van der Waals surface area contributed by atoms with Gasteiger partial charge in [0.2, 0.25) is 0 Å². The van der Waals surface area contributed by atoms with E-state index in [1.807, 2.05) is 34.0 Å². The summed E-state index contributed by atoms with van der Waals surface area (Å²) in [7, 11) is 0. The van der Waals surface area contributed by atoms with Crippen LogP contribution in [0.5, 0.6) is 0 Å². The van der Waals surface area contributed by atoms with Crippen LogP contribution in [0.2, 0.25) is 0 Å². The predicted molar refractivity (Wildman–Crippen MR) is 606 cm³/mol. The summed E-state index contributed by atoms with van der Waals surface area (Å²) in [6.07, 6.45) is 0. The van der Waals surface area contributed by atoms with Crippen molar-refractivity contribution in [2.75, 3.05) is 0 Å². The fraction of sp³-hybridized carbons (Fsp3) is 0.0667. The first-order valence-electron chi connectivity index (χ1n) is 49.1. The Labute approximate surface area is 830 Å². The Morgan fingerprint density at radius 2 is 0.447 bits per heavy atom. The van der Waals surface area contributed by atoms with E-state index >= 15 is 0 Å². The van der Waals surface area contributed by atoms with Crippen LogP contribution in [0.4, 0.5) is 0 Å². The van der Waals surface area contributed by atoms with Crippen LogP contribution in [0.1, 0.15) is 74.9 Å². The van der Waals surface area contributed by atoms with Crippen molar-refractivity contribution in [3.63, 3.8) is 0 Å². The van der Waals surface area contributed by atoms with E-state index in [0.717, 1.165) is 0 Å². The third kappa shape index (κ3) is 13.0. The molecule has 6 heteroatoms. The Bertz CT molecular complexity index is 9370. The lowest BCUT2D eigenvalue weighted by Crippen LogP contribution is -2.15. The minimum absolute atomic E-state index is 0.0659. The molecule has 6 aromatic heterocycles. The minimum Gasteiger partial charge on any atom is -0.309 e. The molecule has 0 amide bonds. The highest BCUT2D eigenvalue weighted by molar-refractivity contribution is 7.26. The summed E-state index contributed by atoms with van der Waals surface area (Å²) in [5, 5.41) is 15.9. The van der Waals surface area contributed by atoms with Gasteiger partial charge in [-0.15, -0.1) is 34.0 Å². The summed E-state index contributed by atoms with van der Waals surface area (Å²) < 4.78 is 15.6. The normalized spacial score (nSPS) is 13.5. The predicted octanol–water partition coefficient (Wildman–Crippen LogP) is 38.4. The van der Waals surface area contributed by atoms with Gasteiger partial charge in [0.15, 0.2) is 0 Å². The molecule has 0 atom stereocenters.